The van der Waals surface area contributed by atoms with Crippen molar-refractivity contribution in [3.05, 3.63) is 29.3 Å². The number of hydrogen-bond donors (Lipinski definition) is 1. The van der Waals surface area contributed by atoms with Crippen molar-refractivity contribution in [3.8, 4) is 5.75 Å². The normalized spacial score (nSPS) is 12.1. The Hall–Kier alpha value is -2.04. The van der Waals surface area contributed by atoms with Crippen LogP contribution in [0, 0.1) is 6.92 Å². The van der Waals surface area contributed by atoms with Crippen LogP contribution < -0.4 is 10.5 Å². The third-order valence-corrected chi connectivity index (χ3v) is 2.85. The van der Waals surface area contributed by atoms with Crippen LogP contribution in [0.3, 0.4) is 0 Å². The van der Waals surface area contributed by atoms with Crippen molar-refractivity contribution in [3.63, 3.8) is 0 Å². The van der Waals surface area contributed by atoms with Gasteiger partial charge in [0.1, 0.15) is 5.75 Å². The molecule has 0 heterocycles. The lowest BCUT2D eigenvalue weighted by molar-refractivity contribution is -0.155. The summed E-state index contributed by atoms with van der Waals surface area (Å²) < 4.78 is 10.3. The summed E-state index contributed by atoms with van der Waals surface area (Å²) in [5, 5.41) is 0. The minimum atomic E-state index is -0.951. The molecule has 20 heavy (non-hydrogen) atoms. The third-order valence-electron chi connectivity index (χ3n) is 2.85. The average molecular weight is 279 g/mol. The minimum Gasteiger partial charge on any atom is -0.482 e. The van der Waals surface area contributed by atoms with E-state index in [4.69, 9.17) is 15.2 Å². The summed E-state index contributed by atoms with van der Waals surface area (Å²) >= 11 is 0. The Morgan fingerprint density at radius 2 is 1.90 bits per heavy atom. The van der Waals surface area contributed by atoms with E-state index >= 15 is 0 Å². The highest BCUT2D eigenvalue weighted by molar-refractivity contribution is 5.82. The van der Waals surface area contributed by atoms with Gasteiger partial charge in [0, 0.05) is 0 Å². The number of esters is 1. The number of carbonyl (C=O) groups is 2. The standard InChI is InChI=1S/C15H21NO4/c1-9(2)12-6-5-10(3)7-13(12)19-8-14(17)20-11(4)15(16)18/h5-7,9,11H,8H2,1-4H3,(H2,16,18)/t11-/m1/s1. The van der Waals surface area contributed by atoms with Crippen LogP contribution in [0.15, 0.2) is 18.2 Å². The first-order valence-corrected chi connectivity index (χ1v) is 6.53. The largest absolute Gasteiger partial charge is 0.482 e. The summed E-state index contributed by atoms with van der Waals surface area (Å²) in [5.74, 6) is -0.362. The Morgan fingerprint density at radius 1 is 1.25 bits per heavy atom. The van der Waals surface area contributed by atoms with Crippen LogP contribution in [0.2, 0.25) is 0 Å². The molecule has 1 aromatic carbocycles. The zero-order chi connectivity index (χ0) is 15.3. The van der Waals surface area contributed by atoms with E-state index in [-0.39, 0.29) is 12.5 Å². The zero-order valence-corrected chi connectivity index (χ0v) is 12.3. The number of rotatable bonds is 6. The van der Waals surface area contributed by atoms with Gasteiger partial charge in [0.2, 0.25) is 0 Å². The van der Waals surface area contributed by atoms with Crippen molar-refractivity contribution in [2.75, 3.05) is 6.61 Å². The molecule has 1 atom stereocenters. The van der Waals surface area contributed by atoms with Gasteiger partial charge in [0.15, 0.2) is 12.7 Å². The maximum absolute atomic E-state index is 11.5. The summed E-state index contributed by atoms with van der Waals surface area (Å²) in [7, 11) is 0. The van der Waals surface area contributed by atoms with E-state index in [1.165, 1.54) is 6.92 Å². The smallest absolute Gasteiger partial charge is 0.344 e. The van der Waals surface area contributed by atoms with Crippen molar-refractivity contribution in [2.24, 2.45) is 5.73 Å². The monoisotopic (exact) mass is 279 g/mol. The van der Waals surface area contributed by atoms with E-state index < -0.39 is 18.0 Å². The van der Waals surface area contributed by atoms with Crippen LogP contribution in [0.25, 0.3) is 0 Å². The van der Waals surface area contributed by atoms with Crippen molar-refractivity contribution >= 4 is 11.9 Å². The Morgan fingerprint density at radius 3 is 2.45 bits per heavy atom. The molecule has 1 aromatic rings. The summed E-state index contributed by atoms with van der Waals surface area (Å²) in [6, 6.07) is 5.85. The molecule has 0 unspecified atom stereocenters. The van der Waals surface area contributed by atoms with Crippen molar-refractivity contribution in [2.45, 2.75) is 39.7 Å². The topological polar surface area (TPSA) is 78.6 Å². The molecular formula is C15H21NO4. The molecule has 0 aromatic heterocycles. The van der Waals surface area contributed by atoms with Crippen LogP contribution >= 0.6 is 0 Å². The molecule has 5 heteroatoms. The van der Waals surface area contributed by atoms with Crippen molar-refractivity contribution in [1.82, 2.24) is 0 Å². The van der Waals surface area contributed by atoms with Gasteiger partial charge < -0.3 is 15.2 Å². The number of amides is 1. The van der Waals surface area contributed by atoms with E-state index in [1.807, 2.05) is 39.0 Å². The zero-order valence-electron chi connectivity index (χ0n) is 12.3. The molecular weight excluding hydrogens is 258 g/mol. The highest BCUT2D eigenvalue weighted by atomic mass is 16.6. The van der Waals surface area contributed by atoms with Gasteiger partial charge in [0.05, 0.1) is 0 Å². The average Bonchev–Trinajstić information content (AvgIpc) is 2.35. The molecule has 0 saturated heterocycles. The molecule has 2 N–H and O–H groups in total. The van der Waals surface area contributed by atoms with Gasteiger partial charge in [-0.15, -0.1) is 0 Å². The summed E-state index contributed by atoms with van der Waals surface area (Å²) in [6.07, 6.45) is -0.951. The summed E-state index contributed by atoms with van der Waals surface area (Å²) in [5.41, 5.74) is 7.08. The fraction of sp³-hybridized carbons (Fsp3) is 0.467. The number of aryl methyl sites for hydroxylation is 1. The van der Waals surface area contributed by atoms with Crippen LogP contribution in [0.1, 0.15) is 37.8 Å². The molecule has 110 valence electrons. The number of hydrogen-bond acceptors (Lipinski definition) is 4. The van der Waals surface area contributed by atoms with Crippen molar-refractivity contribution < 1.29 is 19.1 Å². The molecule has 0 aliphatic carbocycles. The second-order valence-electron chi connectivity index (χ2n) is 5.02. The number of carbonyl (C=O) groups excluding carboxylic acids is 2. The Bertz CT molecular complexity index is 497. The number of ether oxygens (including phenoxy) is 2. The minimum absolute atomic E-state index is 0.249. The molecule has 0 bridgehead atoms. The lowest BCUT2D eigenvalue weighted by Crippen LogP contribution is -2.32. The second kappa shape index (κ2) is 6.93. The maximum atomic E-state index is 11.5. The molecule has 0 aliphatic rings. The molecule has 0 aliphatic heterocycles. The van der Waals surface area contributed by atoms with Gasteiger partial charge in [-0.05, 0) is 37.0 Å². The number of nitrogens with two attached hydrogens (primary N) is 1. The first-order valence-electron chi connectivity index (χ1n) is 6.53. The molecule has 5 nitrogen and oxygen atoms in total. The SMILES string of the molecule is Cc1ccc(C(C)C)c(OCC(=O)O[C@H](C)C(N)=O)c1. The van der Waals surface area contributed by atoms with Crippen LogP contribution in [-0.4, -0.2) is 24.6 Å². The molecule has 1 amide bonds. The molecule has 1 rings (SSSR count). The predicted octanol–water partition coefficient (Wildman–Crippen LogP) is 1.91. The highest BCUT2D eigenvalue weighted by Gasteiger charge is 2.16. The summed E-state index contributed by atoms with van der Waals surface area (Å²) in [4.78, 5) is 22.3. The third kappa shape index (κ3) is 4.57. The number of benzene rings is 1. The molecule has 0 saturated carbocycles. The fourth-order valence-corrected chi connectivity index (χ4v) is 1.67. The quantitative estimate of drug-likeness (QED) is 0.807. The van der Waals surface area contributed by atoms with E-state index in [0.717, 1.165) is 11.1 Å². The lowest BCUT2D eigenvalue weighted by Gasteiger charge is -2.15. The Labute approximate surface area is 119 Å². The van der Waals surface area contributed by atoms with Crippen LogP contribution in [0.5, 0.6) is 5.75 Å². The molecule has 0 radical (unpaired) electrons. The van der Waals surface area contributed by atoms with Crippen molar-refractivity contribution in [1.29, 1.82) is 0 Å². The lowest BCUT2D eigenvalue weighted by atomic mass is 10.0. The highest BCUT2D eigenvalue weighted by Crippen LogP contribution is 2.27. The van der Waals surface area contributed by atoms with Crippen LogP contribution in [0.4, 0.5) is 0 Å². The van der Waals surface area contributed by atoms with E-state index in [0.29, 0.717) is 5.75 Å². The number of primary amides is 1. The van der Waals surface area contributed by atoms with Gasteiger partial charge in [-0.1, -0.05) is 26.0 Å². The Balaban J connectivity index is 2.67. The van der Waals surface area contributed by atoms with E-state index in [1.54, 1.807) is 0 Å². The van der Waals surface area contributed by atoms with Gasteiger partial charge in [0.25, 0.3) is 5.91 Å². The van der Waals surface area contributed by atoms with Crippen LogP contribution in [-0.2, 0) is 14.3 Å². The Kier molecular flexibility index (Phi) is 5.55. The fourth-order valence-electron chi connectivity index (χ4n) is 1.67. The molecule has 0 spiro atoms. The predicted molar refractivity (Wildman–Crippen MR) is 75.5 cm³/mol. The summed E-state index contributed by atoms with van der Waals surface area (Å²) in [6.45, 7) is 7.22. The van der Waals surface area contributed by atoms with E-state index in [2.05, 4.69) is 0 Å². The van der Waals surface area contributed by atoms with Gasteiger partial charge in [-0.25, -0.2) is 4.79 Å². The van der Waals surface area contributed by atoms with Gasteiger partial charge in [-0.3, -0.25) is 4.79 Å². The second-order valence-corrected chi connectivity index (χ2v) is 5.02. The molecule has 0 fully saturated rings. The maximum Gasteiger partial charge on any atom is 0.344 e. The first-order chi connectivity index (χ1) is 9.31. The first kappa shape index (κ1) is 16.0. The van der Waals surface area contributed by atoms with Gasteiger partial charge in [-0.2, -0.15) is 0 Å². The van der Waals surface area contributed by atoms with E-state index in [9.17, 15) is 9.59 Å². The van der Waals surface area contributed by atoms with Gasteiger partial charge >= 0.3 is 5.97 Å².